The average Bonchev–Trinajstić information content (AvgIpc) is 2.98. The van der Waals surface area contributed by atoms with Gasteiger partial charge in [0.1, 0.15) is 5.25 Å². The molecule has 0 aromatic heterocycles. The molecule has 0 saturated carbocycles. The van der Waals surface area contributed by atoms with Crippen LogP contribution in [0.2, 0.25) is 0 Å². The van der Waals surface area contributed by atoms with E-state index in [-0.39, 0.29) is 11.6 Å². The first-order valence-electron chi connectivity index (χ1n) is 7.29. The predicted molar refractivity (Wildman–Crippen MR) is 85.3 cm³/mol. The summed E-state index contributed by atoms with van der Waals surface area (Å²) in [6, 6.07) is 5.78. The number of rotatable bonds is 6. The average molecular weight is 352 g/mol. The molecule has 2 amide bonds. The highest BCUT2D eigenvalue weighted by Crippen LogP contribution is 2.26. The molecule has 1 fully saturated rings. The van der Waals surface area contributed by atoms with E-state index in [2.05, 4.69) is 0 Å². The van der Waals surface area contributed by atoms with Crippen LogP contribution in [0.15, 0.2) is 29.2 Å². The fraction of sp³-hybridized carbons (Fsp3) is 0.400. The Kier molecular flexibility index (Phi) is 5.91. The molecule has 1 aromatic rings. The Labute approximate surface area is 142 Å². The van der Waals surface area contributed by atoms with E-state index < -0.39 is 28.7 Å². The molecular weight excluding hydrogens is 336 g/mol. The van der Waals surface area contributed by atoms with E-state index in [0.717, 1.165) is 4.90 Å². The maximum absolute atomic E-state index is 11.9. The Morgan fingerprint density at radius 1 is 1.38 bits per heavy atom. The molecule has 1 aliphatic rings. The first-order valence-corrected chi connectivity index (χ1v) is 8.17. The van der Waals surface area contributed by atoms with Crippen LogP contribution >= 0.6 is 11.8 Å². The van der Waals surface area contributed by atoms with Crippen LogP contribution in [0.5, 0.6) is 0 Å². The lowest BCUT2D eigenvalue weighted by atomic mass is 10.3. The SMILES string of the molecule is C[C@H](Sc1ccc([N+](=O)[O-])cc1)C(=O)OCC(=O)N1CCCC1=O. The van der Waals surface area contributed by atoms with Gasteiger partial charge < -0.3 is 4.74 Å². The smallest absolute Gasteiger partial charge is 0.319 e. The van der Waals surface area contributed by atoms with Gasteiger partial charge in [0.2, 0.25) is 5.91 Å². The van der Waals surface area contributed by atoms with E-state index in [1.54, 1.807) is 19.1 Å². The van der Waals surface area contributed by atoms with Crippen molar-refractivity contribution in [3.05, 3.63) is 34.4 Å². The number of benzene rings is 1. The maximum atomic E-state index is 11.9. The number of esters is 1. The second-order valence-electron chi connectivity index (χ2n) is 5.16. The molecule has 9 heteroatoms. The van der Waals surface area contributed by atoms with Crippen LogP contribution in [0.25, 0.3) is 0 Å². The molecule has 0 spiro atoms. The lowest BCUT2D eigenvalue weighted by Crippen LogP contribution is -2.36. The molecular formula is C15H16N2O6S. The number of carbonyl (C=O) groups excluding carboxylic acids is 3. The van der Waals surface area contributed by atoms with Crippen LogP contribution in [-0.2, 0) is 19.1 Å². The summed E-state index contributed by atoms with van der Waals surface area (Å²) in [5.74, 6) is -1.35. The Hall–Kier alpha value is -2.42. The molecule has 1 saturated heterocycles. The molecule has 0 bridgehead atoms. The molecule has 2 rings (SSSR count). The third-order valence-corrected chi connectivity index (χ3v) is 4.50. The minimum Gasteiger partial charge on any atom is -0.455 e. The number of amides is 2. The highest BCUT2D eigenvalue weighted by Gasteiger charge is 2.27. The summed E-state index contributed by atoms with van der Waals surface area (Å²) in [4.78, 5) is 47.0. The highest BCUT2D eigenvalue weighted by molar-refractivity contribution is 8.00. The van der Waals surface area contributed by atoms with Crippen molar-refractivity contribution in [3.63, 3.8) is 0 Å². The van der Waals surface area contributed by atoms with Crippen molar-refractivity contribution in [2.75, 3.05) is 13.2 Å². The summed E-state index contributed by atoms with van der Waals surface area (Å²) in [5.41, 5.74) is -0.0320. The fourth-order valence-electron chi connectivity index (χ4n) is 2.14. The molecule has 24 heavy (non-hydrogen) atoms. The Balaban J connectivity index is 1.82. The molecule has 1 aromatic carbocycles. The van der Waals surface area contributed by atoms with Gasteiger partial charge in [-0.2, -0.15) is 0 Å². The standard InChI is InChI=1S/C15H16N2O6S/c1-10(24-12-6-4-11(5-7-12)17(21)22)15(20)23-9-14(19)16-8-2-3-13(16)18/h4-7,10H,2-3,8-9H2,1H3/t10-/m0/s1. The van der Waals surface area contributed by atoms with Gasteiger partial charge in [0.05, 0.1) is 4.92 Å². The summed E-state index contributed by atoms with van der Waals surface area (Å²) in [6.45, 7) is 1.51. The summed E-state index contributed by atoms with van der Waals surface area (Å²) in [7, 11) is 0. The number of nitro benzene ring substituents is 1. The second-order valence-corrected chi connectivity index (χ2v) is 6.58. The van der Waals surface area contributed by atoms with Gasteiger partial charge in [-0.25, -0.2) is 0 Å². The Bertz CT molecular complexity index is 660. The van der Waals surface area contributed by atoms with Gasteiger partial charge >= 0.3 is 5.97 Å². The first-order chi connectivity index (χ1) is 11.4. The van der Waals surface area contributed by atoms with E-state index >= 15 is 0 Å². The number of nitrogens with zero attached hydrogens (tertiary/aromatic N) is 2. The van der Waals surface area contributed by atoms with Crippen molar-refractivity contribution >= 4 is 35.2 Å². The van der Waals surface area contributed by atoms with Crippen LogP contribution in [0, 0.1) is 10.1 Å². The third kappa shape index (κ3) is 4.54. The zero-order valence-electron chi connectivity index (χ0n) is 13.0. The van der Waals surface area contributed by atoms with Crippen molar-refractivity contribution < 1.29 is 24.0 Å². The lowest BCUT2D eigenvalue weighted by Gasteiger charge is -2.15. The van der Waals surface area contributed by atoms with Gasteiger partial charge in [-0.15, -0.1) is 11.8 Å². The molecule has 1 heterocycles. The maximum Gasteiger partial charge on any atom is 0.319 e. The van der Waals surface area contributed by atoms with Crippen LogP contribution in [0.3, 0.4) is 0 Å². The normalized spacial score (nSPS) is 15.2. The van der Waals surface area contributed by atoms with E-state index in [0.29, 0.717) is 24.3 Å². The summed E-state index contributed by atoms with van der Waals surface area (Å²) >= 11 is 1.17. The summed E-state index contributed by atoms with van der Waals surface area (Å²) in [5, 5.41) is 10.00. The van der Waals surface area contributed by atoms with Gasteiger partial charge in [-0.05, 0) is 25.5 Å². The fourth-order valence-corrected chi connectivity index (χ4v) is 3.00. The molecule has 0 aliphatic carbocycles. The highest BCUT2D eigenvalue weighted by atomic mass is 32.2. The number of non-ortho nitro benzene ring substituents is 1. The quantitative estimate of drug-likeness (QED) is 0.332. The first kappa shape index (κ1) is 17.9. The number of hydrogen-bond donors (Lipinski definition) is 0. The van der Waals surface area contributed by atoms with E-state index in [1.165, 1.54) is 23.9 Å². The zero-order chi connectivity index (χ0) is 17.7. The largest absolute Gasteiger partial charge is 0.455 e. The van der Waals surface area contributed by atoms with Crippen molar-refractivity contribution in [1.29, 1.82) is 0 Å². The van der Waals surface area contributed by atoms with Crippen LogP contribution < -0.4 is 0 Å². The van der Waals surface area contributed by atoms with Crippen molar-refractivity contribution in [3.8, 4) is 0 Å². The van der Waals surface area contributed by atoms with Crippen LogP contribution in [0.4, 0.5) is 5.69 Å². The van der Waals surface area contributed by atoms with Gasteiger partial charge in [-0.1, -0.05) is 0 Å². The Morgan fingerprint density at radius 3 is 2.58 bits per heavy atom. The number of imide groups is 1. The van der Waals surface area contributed by atoms with Gasteiger partial charge in [-0.3, -0.25) is 29.4 Å². The van der Waals surface area contributed by atoms with Gasteiger partial charge in [0.25, 0.3) is 11.6 Å². The molecule has 128 valence electrons. The number of thioether (sulfide) groups is 1. The van der Waals surface area contributed by atoms with Gasteiger partial charge in [0.15, 0.2) is 6.61 Å². The zero-order valence-corrected chi connectivity index (χ0v) is 13.8. The minimum atomic E-state index is -0.589. The van der Waals surface area contributed by atoms with Crippen molar-refractivity contribution in [1.82, 2.24) is 4.90 Å². The lowest BCUT2D eigenvalue weighted by molar-refractivity contribution is -0.384. The Morgan fingerprint density at radius 2 is 2.04 bits per heavy atom. The minimum absolute atomic E-state index is 0.0320. The van der Waals surface area contributed by atoms with E-state index in [1.807, 2.05) is 0 Å². The topological polar surface area (TPSA) is 107 Å². The molecule has 0 N–H and O–H groups in total. The second kappa shape index (κ2) is 7.91. The van der Waals surface area contributed by atoms with E-state index in [9.17, 15) is 24.5 Å². The molecule has 8 nitrogen and oxygen atoms in total. The molecule has 0 unspecified atom stereocenters. The third-order valence-electron chi connectivity index (χ3n) is 3.40. The molecule has 1 aliphatic heterocycles. The number of nitro groups is 1. The van der Waals surface area contributed by atoms with Crippen molar-refractivity contribution in [2.45, 2.75) is 29.9 Å². The summed E-state index contributed by atoms with van der Waals surface area (Å²) < 4.78 is 4.95. The number of ether oxygens (including phenoxy) is 1. The van der Waals surface area contributed by atoms with Crippen LogP contribution in [0.1, 0.15) is 19.8 Å². The van der Waals surface area contributed by atoms with Gasteiger partial charge in [0, 0.05) is 30.0 Å². The number of likely N-dealkylation sites (tertiary alicyclic amines) is 1. The summed E-state index contributed by atoms with van der Waals surface area (Å²) in [6.07, 6.45) is 0.969. The van der Waals surface area contributed by atoms with E-state index in [4.69, 9.17) is 4.74 Å². The number of hydrogen-bond acceptors (Lipinski definition) is 7. The molecule has 1 atom stereocenters. The molecule has 0 radical (unpaired) electrons. The monoisotopic (exact) mass is 352 g/mol. The number of carbonyl (C=O) groups is 3. The van der Waals surface area contributed by atoms with Crippen LogP contribution in [-0.4, -0.2) is 46.0 Å². The van der Waals surface area contributed by atoms with Crippen molar-refractivity contribution in [2.24, 2.45) is 0 Å². The predicted octanol–water partition coefficient (Wildman–Crippen LogP) is 1.77.